The number of carbonyl (C=O) groups excluding carboxylic acids is 1. The second-order valence-electron chi connectivity index (χ2n) is 2.95. The number of benzene rings is 1. The fourth-order valence-electron chi connectivity index (χ4n) is 0.986. The van der Waals surface area contributed by atoms with Gasteiger partial charge in [0.15, 0.2) is 6.61 Å². The molecular formula is C15H10O3. The summed E-state index contributed by atoms with van der Waals surface area (Å²) in [5.74, 6) is 14.2. The van der Waals surface area contributed by atoms with Crippen LogP contribution in [0.2, 0.25) is 0 Å². The van der Waals surface area contributed by atoms with Crippen molar-refractivity contribution in [2.75, 3.05) is 13.2 Å². The van der Waals surface area contributed by atoms with Gasteiger partial charge >= 0.3 is 5.97 Å². The molecule has 1 rings (SSSR count). The highest BCUT2D eigenvalue weighted by molar-refractivity contribution is 5.89. The minimum absolute atomic E-state index is 0.0180. The summed E-state index contributed by atoms with van der Waals surface area (Å²) in [6, 6.07) is 8.67. The van der Waals surface area contributed by atoms with Gasteiger partial charge in [0.25, 0.3) is 0 Å². The lowest BCUT2D eigenvalue weighted by Crippen LogP contribution is -2.04. The standard InChI is InChI=1S/C15H10O3/c16-12-8-3-1-2-4-9-13-18-15(17)14-10-6-5-7-11-14/h5-7,10-11,16H,12-13H2. The van der Waals surface area contributed by atoms with E-state index in [0.29, 0.717) is 5.56 Å². The molecule has 88 valence electrons. The van der Waals surface area contributed by atoms with Crippen LogP contribution in [0.3, 0.4) is 0 Å². The van der Waals surface area contributed by atoms with Crippen LogP contribution >= 0.6 is 0 Å². The summed E-state index contributed by atoms with van der Waals surface area (Å²) in [5, 5.41) is 8.34. The molecule has 3 nitrogen and oxygen atoms in total. The number of hydrogen-bond acceptors (Lipinski definition) is 3. The second kappa shape index (κ2) is 8.48. The molecule has 1 N–H and O–H groups in total. The Morgan fingerprint density at radius 1 is 1.06 bits per heavy atom. The summed E-state index contributed by atoms with van der Waals surface area (Å²) in [7, 11) is 0. The Hall–Kier alpha value is -2.67. The summed E-state index contributed by atoms with van der Waals surface area (Å²) in [6.45, 7) is -0.243. The Bertz CT molecular complexity index is 569. The molecule has 0 aliphatic heterocycles. The van der Waals surface area contributed by atoms with Gasteiger partial charge in [0.05, 0.1) is 5.56 Å². The van der Waals surface area contributed by atoms with Gasteiger partial charge in [-0.3, -0.25) is 0 Å². The molecule has 0 aliphatic rings. The third-order valence-corrected chi connectivity index (χ3v) is 1.73. The summed E-state index contributed by atoms with van der Waals surface area (Å²) < 4.78 is 4.90. The molecule has 0 radical (unpaired) electrons. The molecule has 0 bridgehead atoms. The lowest BCUT2D eigenvalue weighted by Gasteiger charge is -1.98. The highest BCUT2D eigenvalue weighted by atomic mass is 16.5. The zero-order valence-corrected chi connectivity index (χ0v) is 9.56. The first-order valence-electron chi connectivity index (χ1n) is 5.13. The van der Waals surface area contributed by atoms with E-state index in [4.69, 9.17) is 9.84 Å². The van der Waals surface area contributed by atoms with Crippen molar-refractivity contribution < 1.29 is 14.6 Å². The van der Waals surface area contributed by atoms with E-state index < -0.39 is 5.97 Å². The molecule has 1 aromatic carbocycles. The fourth-order valence-corrected chi connectivity index (χ4v) is 0.986. The maximum atomic E-state index is 11.4. The lowest BCUT2D eigenvalue weighted by atomic mass is 10.2. The van der Waals surface area contributed by atoms with Gasteiger partial charge in [-0.25, -0.2) is 4.79 Å². The number of ether oxygens (including phenoxy) is 1. The zero-order chi connectivity index (χ0) is 13.1. The monoisotopic (exact) mass is 238 g/mol. The predicted molar refractivity (Wildman–Crippen MR) is 67.1 cm³/mol. The van der Waals surface area contributed by atoms with E-state index in [1.807, 2.05) is 6.07 Å². The topological polar surface area (TPSA) is 46.5 Å². The first-order valence-corrected chi connectivity index (χ1v) is 5.13. The molecule has 0 aromatic heterocycles. The van der Waals surface area contributed by atoms with Crippen LogP contribution in [-0.4, -0.2) is 24.3 Å². The number of rotatable bonds is 2. The highest BCUT2D eigenvalue weighted by Crippen LogP contribution is 2.00. The molecule has 0 spiro atoms. The predicted octanol–water partition coefficient (Wildman–Crippen LogP) is 0.846. The minimum atomic E-state index is -0.419. The molecule has 0 saturated carbocycles. The van der Waals surface area contributed by atoms with Gasteiger partial charge in [0, 0.05) is 0 Å². The van der Waals surface area contributed by atoms with E-state index >= 15 is 0 Å². The molecule has 0 heterocycles. The number of aliphatic hydroxyl groups excluding tert-OH is 1. The van der Waals surface area contributed by atoms with Crippen LogP contribution in [0.1, 0.15) is 10.4 Å². The summed E-state index contributed by atoms with van der Waals surface area (Å²) in [4.78, 5) is 11.4. The van der Waals surface area contributed by atoms with E-state index in [0.717, 1.165) is 0 Å². The highest BCUT2D eigenvalue weighted by Gasteiger charge is 2.03. The van der Waals surface area contributed by atoms with Gasteiger partial charge in [-0.1, -0.05) is 24.1 Å². The van der Waals surface area contributed by atoms with E-state index in [-0.39, 0.29) is 13.2 Å². The Morgan fingerprint density at radius 3 is 2.39 bits per heavy atom. The van der Waals surface area contributed by atoms with Crippen molar-refractivity contribution in [1.29, 1.82) is 0 Å². The van der Waals surface area contributed by atoms with Crippen molar-refractivity contribution in [1.82, 2.24) is 0 Å². The largest absolute Gasteiger partial charge is 0.449 e. The van der Waals surface area contributed by atoms with Crippen LogP contribution in [0, 0.1) is 35.5 Å². The average molecular weight is 238 g/mol. The quantitative estimate of drug-likeness (QED) is 0.613. The van der Waals surface area contributed by atoms with Gasteiger partial charge in [-0.05, 0) is 41.7 Å². The molecule has 1 aromatic rings. The Morgan fingerprint density at radius 2 is 1.72 bits per heavy atom. The number of carbonyl (C=O) groups is 1. The van der Waals surface area contributed by atoms with Crippen molar-refractivity contribution >= 4 is 5.97 Å². The molecule has 0 aliphatic carbocycles. The first-order chi connectivity index (χ1) is 8.84. The first kappa shape index (κ1) is 13.4. The van der Waals surface area contributed by atoms with E-state index in [1.165, 1.54) is 0 Å². The van der Waals surface area contributed by atoms with Gasteiger partial charge in [0.2, 0.25) is 0 Å². The van der Waals surface area contributed by atoms with Crippen molar-refractivity contribution in [2.24, 2.45) is 0 Å². The van der Waals surface area contributed by atoms with Crippen LogP contribution in [0.15, 0.2) is 30.3 Å². The zero-order valence-electron chi connectivity index (χ0n) is 9.56. The fraction of sp³-hybridized carbons (Fsp3) is 0.133. The Labute approximate surface area is 106 Å². The van der Waals surface area contributed by atoms with Crippen LogP contribution in [0.25, 0.3) is 0 Å². The van der Waals surface area contributed by atoms with Crippen LogP contribution < -0.4 is 0 Å². The Balaban J connectivity index is 2.36. The van der Waals surface area contributed by atoms with Gasteiger partial charge in [-0.15, -0.1) is 0 Å². The van der Waals surface area contributed by atoms with Gasteiger partial charge in [-0.2, -0.15) is 0 Å². The molecule has 0 saturated heterocycles. The third-order valence-electron chi connectivity index (χ3n) is 1.73. The van der Waals surface area contributed by atoms with E-state index in [1.54, 1.807) is 24.3 Å². The summed E-state index contributed by atoms with van der Waals surface area (Å²) >= 11 is 0. The summed E-state index contributed by atoms with van der Waals surface area (Å²) in [5.41, 5.74) is 0.485. The SMILES string of the molecule is O=C(OCC#CC#CC#CCO)c1ccccc1. The molecule has 3 heteroatoms. The molecule has 0 amide bonds. The van der Waals surface area contributed by atoms with Crippen molar-refractivity contribution in [2.45, 2.75) is 0 Å². The minimum Gasteiger partial charge on any atom is -0.449 e. The van der Waals surface area contributed by atoms with Crippen molar-refractivity contribution in [3.8, 4) is 35.5 Å². The number of hydrogen-bond donors (Lipinski definition) is 1. The van der Waals surface area contributed by atoms with Gasteiger partial charge < -0.3 is 9.84 Å². The normalized spacial score (nSPS) is 7.61. The van der Waals surface area contributed by atoms with Crippen molar-refractivity contribution in [3.05, 3.63) is 35.9 Å². The number of esters is 1. The molecule has 0 atom stereocenters. The van der Waals surface area contributed by atoms with E-state index in [2.05, 4.69) is 35.5 Å². The lowest BCUT2D eigenvalue weighted by molar-refractivity contribution is 0.0556. The second-order valence-corrected chi connectivity index (χ2v) is 2.95. The van der Waals surface area contributed by atoms with Crippen LogP contribution in [0.4, 0.5) is 0 Å². The van der Waals surface area contributed by atoms with Crippen molar-refractivity contribution in [3.63, 3.8) is 0 Å². The van der Waals surface area contributed by atoms with E-state index in [9.17, 15) is 4.79 Å². The van der Waals surface area contributed by atoms with Crippen LogP contribution in [-0.2, 0) is 4.74 Å². The molecular weight excluding hydrogens is 228 g/mol. The smallest absolute Gasteiger partial charge is 0.339 e. The Kier molecular flexibility index (Phi) is 6.31. The number of aliphatic hydroxyl groups is 1. The molecule has 0 unspecified atom stereocenters. The summed E-state index contributed by atoms with van der Waals surface area (Å²) in [6.07, 6.45) is 0. The molecule has 18 heavy (non-hydrogen) atoms. The van der Waals surface area contributed by atoms with Crippen LogP contribution in [0.5, 0.6) is 0 Å². The van der Waals surface area contributed by atoms with Gasteiger partial charge in [0.1, 0.15) is 6.61 Å². The average Bonchev–Trinajstić information content (AvgIpc) is 2.42. The third kappa shape index (κ3) is 5.42. The molecule has 0 fully saturated rings. The maximum Gasteiger partial charge on any atom is 0.339 e. The maximum absolute atomic E-state index is 11.4.